The average Bonchev–Trinajstić information content (AvgIpc) is 1.55. The summed E-state index contributed by atoms with van der Waals surface area (Å²) in [7, 11) is 7.62. The predicted molar refractivity (Wildman–Crippen MR) is 358 cm³/mol. The van der Waals surface area contributed by atoms with Gasteiger partial charge in [-0.05, 0) is 92.6 Å². The molecule has 4 N–H and O–H groups in total. The third-order valence-corrected chi connectivity index (χ3v) is 18.8. The molecule has 0 unspecified atom stereocenters. The molecule has 0 bridgehead atoms. The van der Waals surface area contributed by atoms with Crippen LogP contribution in [0.25, 0.3) is 55.5 Å². The molecule has 0 radical (unpaired) electrons. The Morgan fingerprint density at radius 2 is 0.856 bits per heavy atom. The van der Waals surface area contributed by atoms with Gasteiger partial charge in [0.25, 0.3) is 28.5 Å². The van der Waals surface area contributed by atoms with Gasteiger partial charge in [0.2, 0.25) is 17.5 Å². The van der Waals surface area contributed by atoms with Crippen molar-refractivity contribution < 1.29 is 88.6 Å². The quantitative estimate of drug-likeness (QED) is 0.0641. The Morgan fingerprint density at radius 3 is 1.28 bits per heavy atom. The summed E-state index contributed by atoms with van der Waals surface area (Å²) in [6, 6.07) is 10.1. The van der Waals surface area contributed by atoms with Gasteiger partial charge in [0.15, 0.2) is 0 Å². The van der Waals surface area contributed by atoms with Crippen LogP contribution in [-0.4, -0.2) is 95.1 Å². The first kappa shape index (κ1) is 80.4. The largest absolute Gasteiger partial charge is 0.449 e. The molecule has 7 aromatic heterocycles. The van der Waals surface area contributed by atoms with E-state index in [1.807, 2.05) is 6.92 Å². The molecule has 104 heavy (non-hydrogen) atoms. The number of rotatable bonds is 15. The van der Waals surface area contributed by atoms with Crippen LogP contribution in [0.15, 0.2) is 83.7 Å². The molecular formula is C63H61F18N15O5S3. The number of anilines is 4. The van der Waals surface area contributed by atoms with Crippen LogP contribution in [0.1, 0.15) is 96.8 Å². The molecule has 562 valence electrons. The van der Waals surface area contributed by atoms with E-state index in [1.54, 1.807) is 19.9 Å². The Balaban J connectivity index is 0.000000197. The van der Waals surface area contributed by atoms with E-state index in [0.717, 1.165) is 49.5 Å². The third-order valence-electron chi connectivity index (χ3n) is 16.0. The number of carbonyl (C=O) groups is 2. The Bertz CT molecular complexity index is 5190. The molecule has 3 aromatic carbocycles. The van der Waals surface area contributed by atoms with Crippen LogP contribution in [-0.2, 0) is 84.9 Å². The number of amides is 2. The fraction of sp³-hybridized carbons (Fsp3) is 0.381. The molecule has 10 rings (SSSR count). The van der Waals surface area contributed by atoms with Gasteiger partial charge in [0.1, 0.15) is 39.8 Å². The third kappa shape index (κ3) is 15.6. The first-order chi connectivity index (χ1) is 48.2. The monoisotopic (exact) mass is 1550 g/mol. The number of pyridine rings is 3. The summed E-state index contributed by atoms with van der Waals surface area (Å²) in [5.41, 5.74) is -2.17. The average molecular weight is 1550 g/mol. The number of nitrogens with two attached hydrogens (primary N) is 1. The van der Waals surface area contributed by atoms with Crippen molar-refractivity contribution in [3.05, 3.63) is 131 Å². The summed E-state index contributed by atoms with van der Waals surface area (Å²) < 4.78 is 247. The van der Waals surface area contributed by atoms with E-state index in [2.05, 4.69) is 30.6 Å². The van der Waals surface area contributed by atoms with E-state index in [1.165, 1.54) is 108 Å². The van der Waals surface area contributed by atoms with E-state index in [0.29, 0.717) is 63.3 Å². The highest BCUT2D eigenvalue weighted by molar-refractivity contribution is 7.99. The predicted octanol–water partition coefficient (Wildman–Crippen LogP) is 15.4. The topological polar surface area (TPSA) is 225 Å². The molecule has 2 amide bonds. The number of imidazole rings is 4. The lowest BCUT2D eigenvalue weighted by Gasteiger charge is -2.23. The second-order valence-electron chi connectivity index (χ2n) is 22.4. The van der Waals surface area contributed by atoms with Crippen molar-refractivity contribution in [3.8, 4) is 11.4 Å². The maximum atomic E-state index is 13.6. The second-order valence-corrected chi connectivity index (χ2v) is 26.3. The molecule has 0 fully saturated rings. The second kappa shape index (κ2) is 29.7. The maximum absolute atomic E-state index is 13.6. The minimum atomic E-state index is -4.87. The summed E-state index contributed by atoms with van der Waals surface area (Å²) in [6.45, 7) is 8.75. The number of halogens is 18. The van der Waals surface area contributed by atoms with E-state index in [4.69, 9.17) is 5.73 Å². The molecule has 0 aliphatic heterocycles. The van der Waals surface area contributed by atoms with Gasteiger partial charge in [0, 0.05) is 82.2 Å². The zero-order chi connectivity index (χ0) is 77.9. The molecule has 41 heteroatoms. The smallest absolute Gasteiger partial charge is 0.397 e. The highest BCUT2D eigenvalue weighted by atomic mass is 32.2. The number of benzene rings is 3. The fourth-order valence-electron chi connectivity index (χ4n) is 11.4. The molecule has 10 aromatic rings. The normalized spacial score (nSPS) is 12.5. The van der Waals surface area contributed by atoms with Crippen molar-refractivity contribution in [3.63, 3.8) is 0 Å². The van der Waals surface area contributed by atoms with Gasteiger partial charge < -0.3 is 53.2 Å². The number of hydrogen-bond donors (Lipinski definition) is 3. The maximum Gasteiger partial charge on any atom is 0.449 e. The molecule has 0 aliphatic rings. The summed E-state index contributed by atoms with van der Waals surface area (Å²) in [5.74, 6) is -3.47. The molecule has 0 aliphatic carbocycles. The fourth-order valence-corrected chi connectivity index (χ4v) is 13.8. The lowest BCUT2D eigenvalue weighted by atomic mass is 10.1. The van der Waals surface area contributed by atoms with Gasteiger partial charge in [-0.2, -0.15) is 79.0 Å². The van der Waals surface area contributed by atoms with Crippen LogP contribution >= 0.6 is 35.3 Å². The highest BCUT2D eigenvalue weighted by Gasteiger charge is 2.42. The molecule has 7 heterocycles. The Hall–Kier alpha value is -9.28. The van der Waals surface area contributed by atoms with Gasteiger partial charge >= 0.3 is 37.1 Å². The van der Waals surface area contributed by atoms with E-state index < -0.39 is 117 Å². The zero-order valence-electron chi connectivity index (χ0n) is 56.5. The number of nitrogens with one attached hydrogen (secondary N) is 2. The summed E-state index contributed by atoms with van der Waals surface area (Å²) in [4.78, 5) is 82.2. The Morgan fingerprint density at radius 1 is 0.471 bits per heavy atom. The SMILES string of the molecule is CCSc1cc2c(cc1-c1nc3cc(C(F)(F)F)n(CC)c(=O)c3n1C)nc(C(F)(F)F)n2C.CCSc1cc2c(cc1C(=O)N(C)c1c(N)cc(C(F)(F)F)n(CC)c1=O)nc(C(F)(F)F)n2C.CCSc1cc2c(cc1C(=O)Nc1cc(C(F)(F)F)n(CC)c(=O)c1NC)nc(C(F)(F)F)n2C. The number of nitrogens with zero attached hydrogens (tertiary/aromatic N) is 12. The van der Waals surface area contributed by atoms with E-state index in [9.17, 15) is 103 Å². The van der Waals surface area contributed by atoms with E-state index >= 15 is 0 Å². The molecule has 0 saturated carbocycles. The summed E-state index contributed by atoms with van der Waals surface area (Å²) in [6.07, 6.45) is -28.6. The van der Waals surface area contributed by atoms with Gasteiger partial charge in [-0.1, -0.05) is 20.8 Å². The van der Waals surface area contributed by atoms with Gasteiger partial charge in [-0.15, -0.1) is 35.3 Å². The molecule has 0 spiro atoms. The first-order valence-electron chi connectivity index (χ1n) is 30.7. The minimum Gasteiger partial charge on any atom is -0.397 e. The molecule has 20 nitrogen and oxygen atoms in total. The lowest BCUT2D eigenvalue weighted by molar-refractivity contribution is -0.147. The van der Waals surface area contributed by atoms with Crippen molar-refractivity contribution in [2.75, 3.05) is 52.6 Å². The van der Waals surface area contributed by atoms with Crippen LogP contribution in [0, 0.1) is 0 Å². The van der Waals surface area contributed by atoms with Crippen molar-refractivity contribution in [2.24, 2.45) is 28.2 Å². The lowest BCUT2D eigenvalue weighted by Crippen LogP contribution is -2.37. The van der Waals surface area contributed by atoms with Crippen LogP contribution in [0.3, 0.4) is 0 Å². The van der Waals surface area contributed by atoms with Crippen molar-refractivity contribution in [1.82, 2.24) is 51.9 Å². The number of hydrogen-bond acceptors (Lipinski definition) is 14. The molecular weight excluding hydrogens is 1480 g/mol. The number of aryl methyl sites for hydroxylation is 4. The van der Waals surface area contributed by atoms with Crippen LogP contribution in [0.2, 0.25) is 0 Å². The number of aromatic nitrogens is 11. The Labute approximate surface area is 588 Å². The van der Waals surface area contributed by atoms with E-state index in [-0.39, 0.29) is 86.4 Å². The van der Waals surface area contributed by atoms with Crippen LogP contribution in [0.4, 0.5) is 102 Å². The van der Waals surface area contributed by atoms with Crippen LogP contribution in [0.5, 0.6) is 0 Å². The molecule has 0 saturated heterocycles. The number of nitrogen functional groups attached to an aromatic ring is 1. The summed E-state index contributed by atoms with van der Waals surface area (Å²) in [5, 5.41) is 4.82. The standard InChI is InChI=1S/2C21H21F6N5O2S.C21H19F6N5OS/c1-5-32-15(20(22,23)24)8-11(28)16(18(32)34)31(4)17(33)10-7-12-13(9-14(10)35-6-2)30(3)19(29-12)21(25,26)27;1-5-32-15(20(22,23)24)8-12(16(28-3)18(32)34)29-17(33)10-7-11-13(9-14(10)35-6-2)31(4)19(30-11)21(25,26)27;1-5-32-15(20(22,23)24)8-12-16(18(32)33)31(4)17(28-12)10-7-11-13(9-14(10)34-6-2)30(3)19(29-11)21(25,26)27/h7-9H,5-6,28H2,1-4H3;7-9,28H,5-6H2,1-4H3,(H,29,33);7-9H,5-6H2,1-4H3. The van der Waals surface area contributed by atoms with Gasteiger partial charge in [0.05, 0.1) is 61.1 Å². The molecule has 0 atom stereocenters. The number of fused-ring (bicyclic) bond motifs is 4. The van der Waals surface area contributed by atoms with Crippen molar-refractivity contribution in [1.29, 1.82) is 0 Å². The number of carbonyl (C=O) groups excluding carboxylic acids is 2. The minimum absolute atomic E-state index is 0.0330. The van der Waals surface area contributed by atoms with Crippen molar-refractivity contribution in [2.45, 2.75) is 113 Å². The highest BCUT2D eigenvalue weighted by Crippen LogP contribution is 2.42. The Kier molecular flexibility index (Phi) is 23.0. The first-order valence-corrected chi connectivity index (χ1v) is 33.6. The van der Waals surface area contributed by atoms with Gasteiger partial charge in [-0.25, -0.2) is 19.9 Å². The van der Waals surface area contributed by atoms with Crippen molar-refractivity contribution >= 4 is 114 Å². The number of thioether (sulfide) groups is 3. The summed E-state index contributed by atoms with van der Waals surface area (Å²) >= 11 is 3.67. The van der Waals surface area contributed by atoms with Gasteiger partial charge in [-0.3, -0.25) is 24.0 Å². The number of alkyl halides is 18. The zero-order valence-corrected chi connectivity index (χ0v) is 58.9. The van der Waals surface area contributed by atoms with Crippen LogP contribution < -0.4 is 37.9 Å².